The number of aryl methyl sites for hydroxylation is 1. The molecule has 0 saturated heterocycles. The van der Waals surface area contributed by atoms with Crippen molar-refractivity contribution in [3.63, 3.8) is 0 Å². The van der Waals surface area contributed by atoms with E-state index in [1.807, 2.05) is 36.4 Å². The molecule has 1 aliphatic rings. The second kappa shape index (κ2) is 5.68. The van der Waals surface area contributed by atoms with Gasteiger partial charge in [-0.1, -0.05) is 36.4 Å². The summed E-state index contributed by atoms with van der Waals surface area (Å²) in [7, 11) is 0. The molecule has 2 aromatic carbocycles. The molecule has 0 unspecified atom stereocenters. The van der Waals surface area contributed by atoms with Crippen molar-refractivity contribution in [3.8, 4) is 11.4 Å². The standard InChI is InChI=1S/C18H16N4O/c23-18(21-16-9-8-12-4-1-2-7-15(12)16)14-6-3-5-13(10-14)17-19-11-20-22-17/h1-7,10-11,16H,8-9H2,(H,21,23)(H,19,20,22)/t16-/m1/s1. The van der Waals surface area contributed by atoms with Crippen molar-refractivity contribution in [2.75, 3.05) is 0 Å². The summed E-state index contributed by atoms with van der Waals surface area (Å²) in [5.41, 5.74) is 4.03. The van der Waals surface area contributed by atoms with E-state index in [4.69, 9.17) is 0 Å². The molecule has 0 radical (unpaired) electrons. The highest BCUT2D eigenvalue weighted by molar-refractivity contribution is 5.95. The van der Waals surface area contributed by atoms with E-state index in [9.17, 15) is 4.79 Å². The van der Waals surface area contributed by atoms with Crippen LogP contribution in [0.15, 0.2) is 54.9 Å². The Balaban J connectivity index is 1.55. The second-order valence-electron chi connectivity index (χ2n) is 5.68. The monoisotopic (exact) mass is 304 g/mol. The van der Waals surface area contributed by atoms with Gasteiger partial charge in [0.05, 0.1) is 6.04 Å². The molecule has 0 saturated carbocycles. The molecular formula is C18H16N4O. The molecule has 1 heterocycles. The van der Waals surface area contributed by atoms with Crippen LogP contribution in [0.25, 0.3) is 11.4 Å². The van der Waals surface area contributed by atoms with Crippen LogP contribution in [0.2, 0.25) is 0 Å². The van der Waals surface area contributed by atoms with Crippen LogP contribution in [-0.4, -0.2) is 21.1 Å². The molecule has 4 rings (SSSR count). The first kappa shape index (κ1) is 13.7. The first-order chi connectivity index (χ1) is 11.3. The summed E-state index contributed by atoms with van der Waals surface area (Å²) < 4.78 is 0. The molecule has 5 nitrogen and oxygen atoms in total. The Morgan fingerprint density at radius 2 is 2.09 bits per heavy atom. The van der Waals surface area contributed by atoms with Gasteiger partial charge in [-0.2, -0.15) is 5.10 Å². The maximum atomic E-state index is 12.6. The van der Waals surface area contributed by atoms with Crippen molar-refractivity contribution in [2.45, 2.75) is 18.9 Å². The largest absolute Gasteiger partial charge is 0.345 e. The van der Waals surface area contributed by atoms with Gasteiger partial charge in [-0.3, -0.25) is 9.89 Å². The number of fused-ring (bicyclic) bond motifs is 1. The average molecular weight is 304 g/mol. The zero-order valence-electron chi connectivity index (χ0n) is 12.5. The number of carbonyl (C=O) groups excluding carboxylic acids is 1. The van der Waals surface area contributed by atoms with E-state index in [0.717, 1.165) is 18.4 Å². The molecule has 1 atom stereocenters. The third kappa shape index (κ3) is 2.61. The van der Waals surface area contributed by atoms with Gasteiger partial charge < -0.3 is 5.32 Å². The van der Waals surface area contributed by atoms with Gasteiger partial charge >= 0.3 is 0 Å². The predicted octanol–water partition coefficient (Wildman–Crippen LogP) is 2.89. The highest BCUT2D eigenvalue weighted by Crippen LogP contribution is 2.31. The first-order valence-electron chi connectivity index (χ1n) is 7.66. The smallest absolute Gasteiger partial charge is 0.251 e. The molecule has 1 amide bonds. The maximum absolute atomic E-state index is 12.6. The Hall–Kier alpha value is -2.95. The van der Waals surface area contributed by atoms with Crippen molar-refractivity contribution < 1.29 is 4.79 Å². The van der Waals surface area contributed by atoms with Crippen molar-refractivity contribution in [1.29, 1.82) is 0 Å². The molecule has 0 fully saturated rings. The molecule has 0 bridgehead atoms. The van der Waals surface area contributed by atoms with E-state index >= 15 is 0 Å². The van der Waals surface area contributed by atoms with E-state index < -0.39 is 0 Å². The average Bonchev–Trinajstić information content (AvgIpc) is 3.25. The Labute approximate surface area is 133 Å². The van der Waals surface area contributed by atoms with Gasteiger partial charge in [0.25, 0.3) is 5.91 Å². The number of benzene rings is 2. The lowest BCUT2D eigenvalue weighted by atomic mass is 10.1. The SMILES string of the molecule is O=C(N[C@@H]1CCc2ccccc21)c1cccc(-c2ncn[nH]2)c1. The highest BCUT2D eigenvalue weighted by atomic mass is 16.1. The zero-order valence-corrected chi connectivity index (χ0v) is 12.5. The van der Waals surface area contributed by atoms with E-state index in [-0.39, 0.29) is 11.9 Å². The van der Waals surface area contributed by atoms with Crippen LogP contribution in [0.3, 0.4) is 0 Å². The van der Waals surface area contributed by atoms with E-state index in [0.29, 0.717) is 11.4 Å². The minimum absolute atomic E-state index is 0.0620. The summed E-state index contributed by atoms with van der Waals surface area (Å²) in [6.45, 7) is 0. The van der Waals surface area contributed by atoms with E-state index in [1.54, 1.807) is 0 Å². The van der Waals surface area contributed by atoms with Gasteiger partial charge in [0.15, 0.2) is 5.82 Å². The highest BCUT2D eigenvalue weighted by Gasteiger charge is 2.23. The van der Waals surface area contributed by atoms with Crippen LogP contribution in [-0.2, 0) is 6.42 Å². The summed E-state index contributed by atoms with van der Waals surface area (Å²) >= 11 is 0. The number of nitrogens with zero attached hydrogens (tertiary/aromatic N) is 2. The van der Waals surface area contributed by atoms with Crippen molar-refractivity contribution >= 4 is 5.91 Å². The van der Waals surface area contributed by atoms with Crippen LogP contribution in [0, 0.1) is 0 Å². The third-order valence-corrected chi connectivity index (χ3v) is 4.25. The summed E-state index contributed by atoms with van der Waals surface area (Å²) in [5, 5.41) is 9.80. The van der Waals surface area contributed by atoms with Gasteiger partial charge in [-0.25, -0.2) is 4.98 Å². The number of nitrogens with one attached hydrogen (secondary N) is 2. The Morgan fingerprint density at radius 1 is 1.17 bits per heavy atom. The fourth-order valence-electron chi connectivity index (χ4n) is 3.10. The number of carbonyl (C=O) groups is 1. The molecule has 0 aliphatic heterocycles. The van der Waals surface area contributed by atoms with Crippen molar-refractivity contribution in [3.05, 3.63) is 71.5 Å². The van der Waals surface area contributed by atoms with Crippen LogP contribution >= 0.6 is 0 Å². The van der Waals surface area contributed by atoms with Crippen molar-refractivity contribution in [2.24, 2.45) is 0 Å². The number of aromatic nitrogens is 3. The van der Waals surface area contributed by atoms with Gasteiger partial charge in [0, 0.05) is 11.1 Å². The predicted molar refractivity (Wildman–Crippen MR) is 86.8 cm³/mol. The lowest BCUT2D eigenvalue weighted by Gasteiger charge is -2.14. The zero-order chi connectivity index (χ0) is 15.6. The molecular weight excluding hydrogens is 288 g/mol. The first-order valence-corrected chi connectivity index (χ1v) is 7.66. The molecule has 0 spiro atoms. The second-order valence-corrected chi connectivity index (χ2v) is 5.68. The molecule has 114 valence electrons. The minimum atomic E-state index is -0.0620. The molecule has 2 N–H and O–H groups in total. The van der Waals surface area contributed by atoms with Crippen LogP contribution in [0.5, 0.6) is 0 Å². The van der Waals surface area contributed by atoms with Crippen molar-refractivity contribution in [1.82, 2.24) is 20.5 Å². The normalized spacial score (nSPS) is 16.1. The molecule has 5 heteroatoms. The fourth-order valence-corrected chi connectivity index (χ4v) is 3.10. The van der Waals surface area contributed by atoms with Gasteiger partial charge in [-0.15, -0.1) is 0 Å². The number of rotatable bonds is 3. The van der Waals surface area contributed by atoms with E-state index in [1.165, 1.54) is 17.5 Å². The van der Waals surface area contributed by atoms with Gasteiger partial charge in [0.1, 0.15) is 6.33 Å². The Kier molecular flexibility index (Phi) is 3.38. The lowest BCUT2D eigenvalue weighted by molar-refractivity contribution is 0.0937. The van der Waals surface area contributed by atoms with Crippen LogP contribution < -0.4 is 5.32 Å². The minimum Gasteiger partial charge on any atom is -0.345 e. The number of hydrogen-bond donors (Lipinski definition) is 2. The van der Waals surface area contributed by atoms with E-state index in [2.05, 4.69) is 32.6 Å². The summed E-state index contributed by atoms with van der Waals surface area (Å²) in [4.78, 5) is 16.7. The van der Waals surface area contributed by atoms with Crippen LogP contribution in [0.1, 0.15) is 33.9 Å². The molecule has 1 aliphatic carbocycles. The molecule has 3 aromatic rings. The Bertz CT molecular complexity index is 842. The fraction of sp³-hybridized carbons (Fsp3) is 0.167. The lowest BCUT2D eigenvalue weighted by Crippen LogP contribution is -2.27. The summed E-state index contributed by atoms with van der Waals surface area (Å²) in [6.07, 6.45) is 3.42. The van der Waals surface area contributed by atoms with Crippen LogP contribution in [0.4, 0.5) is 0 Å². The number of amides is 1. The van der Waals surface area contributed by atoms with Gasteiger partial charge in [-0.05, 0) is 36.1 Å². The quantitative estimate of drug-likeness (QED) is 0.781. The number of H-pyrrole nitrogens is 1. The van der Waals surface area contributed by atoms with Gasteiger partial charge in [0.2, 0.25) is 0 Å². The topological polar surface area (TPSA) is 70.7 Å². The summed E-state index contributed by atoms with van der Waals surface area (Å²) in [5.74, 6) is 0.596. The maximum Gasteiger partial charge on any atom is 0.251 e. The molecule has 23 heavy (non-hydrogen) atoms. The number of hydrogen-bond acceptors (Lipinski definition) is 3. The summed E-state index contributed by atoms with van der Waals surface area (Å²) in [6, 6.07) is 15.8. The third-order valence-electron chi connectivity index (χ3n) is 4.25. The number of aromatic amines is 1. The Morgan fingerprint density at radius 3 is 2.96 bits per heavy atom. The molecule has 1 aromatic heterocycles.